The van der Waals surface area contributed by atoms with Gasteiger partial charge >= 0.3 is 0 Å². The van der Waals surface area contributed by atoms with Gasteiger partial charge in [-0.15, -0.1) is 0 Å². The van der Waals surface area contributed by atoms with E-state index in [-0.39, 0.29) is 11.9 Å². The standard InChI is InChI=1S/C15H24ClFN2O/c1-11(2)10-19(7-8-20-3)14(9-18)15-12(16)5-4-6-13(15)17/h4-6,11,14H,7-10,18H2,1-3H3. The Morgan fingerprint density at radius 1 is 1.40 bits per heavy atom. The molecule has 20 heavy (non-hydrogen) atoms. The van der Waals surface area contributed by atoms with Crippen molar-refractivity contribution in [3.63, 3.8) is 0 Å². The molecule has 0 aromatic heterocycles. The van der Waals surface area contributed by atoms with Gasteiger partial charge in [0.25, 0.3) is 0 Å². The summed E-state index contributed by atoms with van der Waals surface area (Å²) in [7, 11) is 1.65. The molecule has 5 heteroatoms. The van der Waals surface area contributed by atoms with E-state index in [1.165, 1.54) is 6.07 Å². The van der Waals surface area contributed by atoms with Crippen LogP contribution in [0, 0.1) is 11.7 Å². The summed E-state index contributed by atoms with van der Waals surface area (Å²) in [6.45, 7) is 6.65. The number of hydrogen-bond donors (Lipinski definition) is 1. The van der Waals surface area contributed by atoms with Crippen LogP contribution in [0.5, 0.6) is 0 Å². The van der Waals surface area contributed by atoms with E-state index in [1.54, 1.807) is 19.2 Å². The van der Waals surface area contributed by atoms with Crippen LogP contribution in [0.2, 0.25) is 5.02 Å². The Balaban J connectivity index is 3.05. The van der Waals surface area contributed by atoms with E-state index in [0.29, 0.717) is 36.2 Å². The fourth-order valence-corrected chi connectivity index (χ4v) is 2.62. The zero-order chi connectivity index (χ0) is 15.1. The van der Waals surface area contributed by atoms with Gasteiger partial charge in [-0.1, -0.05) is 31.5 Å². The van der Waals surface area contributed by atoms with E-state index in [9.17, 15) is 4.39 Å². The summed E-state index contributed by atoms with van der Waals surface area (Å²) >= 11 is 6.16. The van der Waals surface area contributed by atoms with Gasteiger partial charge in [-0.25, -0.2) is 4.39 Å². The minimum absolute atomic E-state index is 0.235. The van der Waals surface area contributed by atoms with Gasteiger partial charge < -0.3 is 10.5 Å². The van der Waals surface area contributed by atoms with Gasteiger partial charge in [0.2, 0.25) is 0 Å². The number of benzene rings is 1. The van der Waals surface area contributed by atoms with E-state index in [1.807, 2.05) is 0 Å². The fraction of sp³-hybridized carbons (Fsp3) is 0.600. The van der Waals surface area contributed by atoms with Crippen molar-refractivity contribution >= 4 is 11.6 Å². The van der Waals surface area contributed by atoms with Crippen LogP contribution in [0.1, 0.15) is 25.5 Å². The molecule has 0 spiro atoms. The van der Waals surface area contributed by atoms with Crippen LogP contribution in [0.4, 0.5) is 4.39 Å². The monoisotopic (exact) mass is 302 g/mol. The lowest BCUT2D eigenvalue weighted by molar-refractivity contribution is 0.110. The maximum Gasteiger partial charge on any atom is 0.129 e. The summed E-state index contributed by atoms with van der Waals surface area (Å²) in [6.07, 6.45) is 0. The molecule has 0 amide bonds. The summed E-state index contributed by atoms with van der Waals surface area (Å²) in [4.78, 5) is 2.14. The molecule has 1 aromatic rings. The second-order valence-electron chi connectivity index (χ2n) is 5.27. The number of rotatable bonds is 8. The van der Waals surface area contributed by atoms with Crippen LogP contribution in [0.25, 0.3) is 0 Å². The highest BCUT2D eigenvalue weighted by atomic mass is 35.5. The molecule has 0 bridgehead atoms. The highest BCUT2D eigenvalue weighted by Crippen LogP contribution is 2.29. The first-order valence-electron chi connectivity index (χ1n) is 6.88. The van der Waals surface area contributed by atoms with Gasteiger partial charge in [0.15, 0.2) is 0 Å². The molecule has 0 radical (unpaired) electrons. The molecular formula is C15H24ClFN2O. The molecule has 0 heterocycles. The number of nitrogens with two attached hydrogens (primary N) is 1. The summed E-state index contributed by atoms with van der Waals surface area (Å²) < 4.78 is 19.2. The van der Waals surface area contributed by atoms with Crippen molar-refractivity contribution in [2.45, 2.75) is 19.9 Å². The Bertz CT molecular complexity index is 395. The van der Waals surface area contributed by atoms with Crippen LogP contribution in [-0.4, -0.2) is 38.3 Å². The van der Waals surface area contributed by atoms with Crippen molar-refractivity contribution in [2.24, 2.45) is 11.7 Å². The molecule has 0 aliphatic carbocycles. The molecule has 1 atom stereocenters. The van der Waals surface area contributed by atoms with Gasteiger partial charge in [0, 0.05) is 37.3 Å². The maximum absolute atomic E-state index is 14.1. The predicted molar refractivity (Wildman–Crippen MR) is 81.5 cm³/mol. The van der Waals surface area contributed by atoms with Crippen molar-refractivity contribution in [3.05, 3.63) is 34.6 Å². The topological polar surface area (TPSA) is 38.5 Å². The molecule has 3 nitrogen and oxygen atoms in total. The largest absolute Gasteiger partial charge is 0.383 e. The maximum atomic E-state index is 14.1. The van der Waals surface area contributed by atoms with Crippen LogP contribution in [-0.2, 0) is 4.74 Å². The Kier molecular flexibility index (Phi) is 7.45. The number of hydrogen-bond acceptors (Lipinski definition) is 3. The molecule has 1 unspecified atom stereocenters. The minimum atomic E-state index is -0.306. The van der Waals surface area contributed by atoms with Crippen LogP contribution in [0.15, 0.2) is 18.2 Å². The van der Waals surface area contributed by atoms with E-state index < -0.39 is 0 Å². The zero-order valence-corrected chi connectivity index (χ0v) is 13.2. The van der Waals surface area contributed by atoms with Crippen molar-refractivity contribution in [2.75, 3.05) is 33.4 Å². The normalized spacial score (nSPS) is 13.2. The lowest BCUT2D eigenvalue weighted by atomic mass is 10.0. The second kappa shape index (κ2) is 8.57. The predicted octanol–water partition coefficient (Wildman–Crippen LogP) is 3.08. The van der Waals surface area contributed by atoms with Gasteiger partial charge in [0.1, 0.15) is 5.82 Å². The number of methoxy groups -OCH3 is 1. The van der Waals surface area contributed by atoms with E-state index in [4.69, 9.17) is 22.1 Å². The molecule has 114 valence electrons. The lowest BCUT2D eigenvalue weighted by Gasteiger charge is -2.33. The summed E-state index contributed by atoms with van der Waals surface area (Å²) in [5, 5.41) is 0.423. The number of ether oxygens (including phenoxy) is 1. The summed E-state index contributed by atoms with van der Waals surface area (Å²) in [6, 6.07) is 4.50. The molecule has 1 aromatic carbocycles. The SMILES string of the molecule is COCCN(CC(C)C)C(CN)c1c(F)cccc1Cl. The Morgan fingerprint density at radius 2 is 2.10 bits per heavy atom. The van der Waals surface area contributed by atoms with Crippen molar-refractivity contribution in [1.29, 1.82) is 0 Å². The lowest BCUT2D eigenvalue weighted by Crippen LogP contribution is -2.39. The molecular weight excluding hydrogens is 279 g/mol. The number of nitrogens with zero attached hydrogens (tertiary/aromatic N) is 1. The third-order valence-corrected chi connectivity index (χ3v) is 3.51. The van der Waals surface area contributed by atoms with Crippen molar-refractivity contribution in [1.82, 2.24) is 4.90 Å². The second-order valence-corrected chi connectivity index (χ2v) is 5.68. The highest BCUT2D eigenvalue weighted by molar-refractivity contribution is 6.31. The Morgan fingerprint density at radius 3 is 2.60 bits per heavy atom. The molecule has 0 saturated heterocycles. The van der Waals surface area contributed by atoms with Gasteiger partial charge in [-0.2, -0.15) is 0 Å². The Labute approximate surface area is 125 Å². The van der Waals surface area contributed by atoms with Gasteiger partial charge in [-0.05, 0) is 18.1 Å². The molecule has 0 fully saturated rings. The summed E-state index contributed by atoms with van der Waals surface area (Å²) in [5.41, 5.74) is 6.36. The molecule has 0 aliphatic rings. The molecule has 1 rings (SSSR count). The Hall–Kier alpha value is -0.680. The first kappa shape index (κ1) is 17.4. The molecule has 0 aliphatic heterocycles. The van der Waals surface area contributed by atoms with Crippen LogP contribution in [0.3, 0.4) is 0 Å². The first-order chi connectivity index (χ1) is 9.51. The third kappa shape index (κ3) is 4.70. The first-order valence-corrected chi connectivity index (χ1v) is 7.26. The van der Waals surface area contributed by atoms with Crippen molar-refractivity contribution < 1.29 is 9.13 Å². The fourth-order valence-electron chi connectivity index (χ4n) is 2.33. The van der Waals surface area contributed by atoms with E-state index in [0.717, 1.165) is 6.54 Å². The van der Waals surface area contributed by atoms with Crippen LogP contribution < -0.4 is 5.73 Å². The molecule has 0 saturated carbocycles. The van der Waals surface area contributed by atoms with Crippen molar-refractivity contribution in [3.8, 4) is 0 Å². The van der Waals surface area contributed by atoms with Crippen LogP contribution >= 0.6 is 11.6 Å². The quantitative estimate of drug-likeness (QED) is 0.802. The average molecular weight is 303 g/mol. The van der Waals surface area contributed by atoms with E-state index >= 15 is 0 Å². The summed E-state index contributed by atoms with van der Waals surface area (Å²) in [5.74, 6) is 0.144. The average Bonchev–Trinajstić information content (AvgIpc) is 2.39. The third-order valence-electron chi connectivity index (χ3n) is 3.18. The van der Waals surface area contributed by atoms with Gasteiger partial charge in [-0.3, -0.25) is 4.90 Å². The van der Waals surface area contributed by atoms with Gasteiger partial charge in [0.05, 0.1) is 12.6 Å². The zero-order valence-electron chi connectivity index (χ0n) is 12.4. The number of halogens is 2. The minimum Gasteiger partial charge on any atom is -0.383 e. The van der Waals surface area contributed by atoms with E-state index in [2.05, 4.69) is 18.7 Å². The smallest absolute Gasteiger partial charge is 0.129 e. The molecule has 2 N–H and O–H groups in total. The highest BCUT2D eigenvalue weighted by Gasteiger charge is 2.24.